The van der Waals surface area contributed by atoms with E-state index in [1.807, 2.05) is 37.3 Å². The predicted molar refractivity (Wildman–Crippen MR) is 90.6 cm³/mol. The summed E-state index contributed by atoms with van der Waals surface area (Å²) in [4.78, 5) is 12.2. The van der Waals surface area contributed by atoms with Gasteiger partial charge < -0.3 is 5.32 Å². The van der Waals surface area contributed by atoms with Crippen LogP contribution in [-0.2, 0) is 6.42 Å². The molecule has 2 amide bonds. The van der Waals surface area contributed by atoms with Gasteiger partial charge in [0, 0.05) is 19.0 Å². The Morgan fingerprint density at radius 2 is 2.00 bits per heavy atom. The number of hydrogen-bond donors (Lipinski definition) is 2. The van der Waals surface area contributed by atoms with Crippen molar-refractivity contribution in [1.29, 1.82) is 0 Å². The lowest BCUT2D eigenvalue weighted by Gasteiger charge is -2.03. The maximum absolute atomic E-state index is 12.2. The Balaban J connectivity index is 1.68. The fourth-order valence-corrected chi connectivity index (χ4v) is 2.14. The van der Waals surface area contributed by atoms with Crippen LogP contribution in [0.5, 0.6) is 0 Å². The third-order valence-electron chi connectivity index (χ3n) is 3.28. The van der Waals surface area contributed by atoms with E-state index in [-0.39, 0.29) is 17.6 Å². The van der Waals surface area contributed by atoms with Crippen LogP contribution in [0.3, 0.4) is 0 Å². The highest BCUT2D eigenvalue weighted by molar-refractivity contribution is 5.98. The van der Waals surface area contributed by atoms with Gasteiger partial charge in [0.05, 0.1) is 6.85 Å². The molecule has 6 nitrogen and oxygen atoms in total. The molecule has 3 aromatic rings. The molecule has 1 heterocycles. The van der Waals surface area contributed by atoms with Gasteiger partial charge in [-0.25, -0.2) is 4.79 Å². The molecule has 0 saturated heterocycles. The maximum atomic E-state index is 12.2. The van der Waals surface area contributed by atoms with E-state index in [0.717, 1.165) is 5.56 Å². The number of anilines is 2. The Hall–Kier alpha value is -3.15. The first-order chi connectivity index (χ1) is 13.8. The van der Waals surface area contributed by atoms with Crippen LogP contribution in [0.1, 0.15) is 25.4 Å². The second-order valence-electron chi connectivity index (χ2n) is 5.16. The summed E-state index contributed by atoms with van der Waals surface area (Å²) in [5, 5.41) is 8.56. The van der Waals surface area contributed by atoms with Gasteiger partial charge in [-0.05, 0) is 22.3 Å². The van der Waals surface area contributed by atoms with Crippen molar-refractivity contribution >= 4 is 17.6 Å². The molecule has 1 atom stereocenters. The second-order valence-corrected chi connectivity index (χ2v) is 5.16. The molecule has 122 valence electrons. The summed E-state index contributed by atoms with van der Waals surface area (Å²) >= 11 is 0. The molecule has 0 fully saturated rings. The van der Waals surface area contributed by atoms with Crippen molar-refractivity contribution in [2.45, 2.75) is 19.4 Å². The van der Waals surface area contributed by atoms with Gasteiger partial charge in [0.1, 0.15) is 0 Å². The van der Waals surface area contributed by atoms with Crippen molar-refractivity contribution in [3.8, 4) is 0 Å². The van der Waals surface area contributed by atoms with Gasteiger partial charge in [-0.1, -0.05) is 48.5 Å². The lowest BCUT2D eigenvalue weighted by molar-refractivity contribution is -0.782. The number of nitrogens with one attached hydrogen (secondary N) is 2. The first-order valence-electron chi connectivity index (χ1n) is 9.85. The average Bonchev–Trinajstić information content (AvgIpc) is 3.17. The Labute approximate surface area is 147 Å². The van der Waals surface area contributed by atoms with Crippen LogP contribution in [0.15, 0.2) is 71.3 Å². The molecule has 6 heteroatoms. The molecular weight excluding hydrogens is 304 g/mol. The van der Waals surface area contributed by atoms with E-state index in [9.17, 15) is 4.79 Å². The highest BCUT2D eigenvalue weighted by Gasteiger charge is 2.20. The van der Waals surface area contributed by atoms with Crippen molar-refractivity contribution < 1.29 is 20.9 Å². The van der Waals surface area contributed by atoms with Crippen molar-refractivity contribution in [2.24, 2.45) is 0 Å². The number of carbonyl (C=O) groups is 1. The van der Waals surface area contributed by atoms with Crippen molar-refractivity contribution in [3.63, 3.8) is 0 Å². The minimum atomic E-state index is -0.817. The monoisotopic (exact) mass is 328 g/mol. The lowest BCUT2D eigenvalue weighted by Crippen LogP contribution is -2.40. The molecule has 3 rings (SSSR count). The number of carbonyl (C=O) groups excluding carboxylic acids is 1. The summed E-state index contributed by atoms with van der Waals surface area (Å²) in [6, 6.07) is 6.39. The molecular formula is C18H19N4O2+. The summed E-state index contributed by atoms with van der Waals surface area (Å²) in [5.74, 6) is 0.0507. The van der Waals surface area contributed by atoms with Crippen LogP contribution in [0.2, 0.25) is 0 Å². The van der Waals surface area contributed by atoms with E-state index in [1.165, 1.54) is 6.20 Å². The van der Waals surface area contributed by atoms with Crippen molar-refractivity contribution in [3.05, 3.63) is 72.3 Å². The standard InChI is InChI=1S/C18H18N4O2/c1-14(12-15-8-4-2-5-9-15)22-13-17(24-21-22)20-18(23)19-16-10-6-3-7-11-16/h2-11,13-14H,12H2,1H3,(H-,19,20,21,23)/p+1/t14-/m1/s1/i3D,6D,7D,10D,11D. The molecule has 0 radical (unpaired) electrons. The summed E-state index contributed by atoms with van der Waals surface area (Å²) < 4.78 is 45.1. The van der Waals surface area contributed by atoms with E-state index in [0.29, 0.717) is 6.42 Å². The molecule has 2 N–H and O–H groups in total. The van der Waals surface area contributed by atoms with Gasteiger partial charge in [0.2, 0.25) is 5.27 Å². The van der Waals surface area contributed by atoms with Crippen LogP contribution in [0.25, 0.3) is 0 Å². The number of urea groups is 1. The molecule has 0 bridgehead atoms. The maximum Gasteiger partial charge on any atom is 0.326 e. The Morgan fingerprint density at radius 1 is 1.25 bits per heavy atom. The quantitative estimate of drug-likeness (QED) is 0.705. The van der Waals surface area contributed by atoms with Crippen LogP contribution in [-0.4, -0.2) is 11.3 Å². The van der Waals surface area contributed by atoms with Crippen molar-refractivity contribution in [2.75, 3.05) is 10.6 Å². The molecule has 2 aromatic carbocycles. The molecule has 1 aromatic heterocycles. The number of hydrogen-bond acceptors (Lipinski definition) is 3. The van der Waals surface area contributed by atoms with Gasteiger partial charge in [-0.2, -0.15) is 0 Å². The average molecular weight is 328 g/mol. The van der Waals surface area contributed by atoms with E-state index in [4.69, 9.17) is 11.4 Å². The van der Waals surface area contributed by atoms with E-state index in [1.54, 1.807) is 4.68 Å². The number of amides is 2. The Kier molecular flexibility index (Phi) is 3.27. The van der Waals surface area contributed by atoms with Gasteiger partial charge in [-0.15, -0.1) is 0 Å². The van der Waals surface area contributed by atoms with Gasteiger partial charge in [0.15, 0.2) is 6.04 Å². The van der Waals surface area contributed by atoms with Crippen LogP contribution < -0.4 is 15.3 Å². The molecule has 0 spiro atoms. The number of aromatic nitrogens is 2. The Bertz CT molecular complexity index is 1010. The predicted octanol–water partition coefficient (Wildman–Crippen LogP) is 3.41. The van der Waals surface area contributed by atoms with E-state index >= 15 is 0 Å². The summed E-state index contributed by atoms with van der Waals surface area (Å²) in [6.07, 6.45) is 2.22. The van der Waals surface area contributed by atoms with Crippen molar-refractivity contribution in [1.82, 2.24) is 5.27 Å². The first kappa shape index (κ1) is 10.6. The van der Waals surface area contributed by atoms with Crippen LogP contribution >= 0.6 is 0 Å². The fourth-order valence-electron chi connectivity index (χ4n) is 2.14. The minimum Gasteiger partial charge on any atom is -0.308 e. The minimum absolute atomic E-state index is 0.0270. The fraction of sp³-hybridized carbons (Fsp3) is 0.167. The third-order valence-corrected chi connectivity index (χ3v) is 3.28. The van der Waals surface area contributed by atoms with Crippen LogP contribution in [0, 0.1) is 0 Å². The molecule has 0 aliphatic heterocycles. The third kappa shape index (κ3) is 4.19. The molecule has 0 unspecified atom stereocenters. The first-order valence-corrected chi connectivity index (χ1v) is 7.35. The highest BCUT2D eigenvalue weighted by Crippen LogP contribution is 2.10. The highest BCUT2D eigenvalue weighted by atomic mass is 16.5. The molecule has 0 aliphatic rings. The number of rotatable bonds is 5. The summed E-state index contributed by atoms with van der Waals surface area (Å²) in [5.41, 5.74) is 0.808. The lowest BCUT2D eigenvalue weighted by atomic mass is 10.1. The SMILES string of the molecule is [2H]c1c([2H])c([2H])c(NC(=O)Nc2c[n+]([C@H](C)Cc3ccccc3)no2)c([2H])c1[2H]. The van der Waals surface area contributed by atoms with Crippen LogP contribution in [0.4, 0.5) is 16.4 Å². The molecule has 0 saturated carbocycles. The zero-order chi connectivity index (χ0) is 21.1. The van der Waals surface area contributed by atoms with Gasteiger partial charge in [0.25, 0.3) is 6.20 Å². The summed E-state index contributed by atoms with van der Waals surface area (Å²) in [6.45, 7) is 1.95. The normalized spacial score (nSPS) is 14.6. The number of nitrogens with zero attached hydrogens (tertiary/aromatic N) is 2. The van der Waals surface area contributed by atoms with E-state index in [2.05, 4.69) is 15.9 Å². The topological polar surface area (TPSA) is 71.0 Å². The number of para-hydroxylation sites is 1. The summed E-state index contributed by atoms with van der Waals surface area (Å²) in [7, 11) is 0. The van der Waals surface area contributed by atoms with Gasteiger partial charge in [-0.3, -0.25) is 9.84 Å². The molecule has 0 aliphatic carbocycles. The molecule has 24 heavy (non-hydrogen) atoms. The zero-order valence-corrected chi connectivity index (χ0v) is 13.0. The second kappa shape index (κ2) is 7.41. The number of benzene rings is 2. The van der Waals surface area contributed by atoms with Gasteiger partial charge >= 0.3 is 11.9 Å². The smallest absolute Gasteiger partial charge is 0.308 e. The van der Waals surface area contributed by atoms with E-state index < -0.39 is 36.2 Å². The largest absolute Gasteiger partial charge is 0.326 e. The zero-order valence-electron chi connectivity index (χ0n) is 18.0. The Morgan fingerprint density at radius 3 is 2.75 bits per heavy atom.